The van der Waals surface area contributed by atoms with Gasteiger partial charge in [-0.25, -0.2) is 8.42 Å². The quantitative estimate of drug-likeness (QED) is 0.781. The van der Waals surface area contributed by atoms with E-state index in [0.29, 0.717) is 29.0 Å². The van der Waals surface area contributed by atoms with Crippen molar-refractivity contribution in [3.05, 3.63) is 29.3 Å². The zero-order valence-electron chi connectivity index (χ0n) is 14.9. The van der Waals surface area contributed by atoms with Crippen molar-refractivity contribution < 1.29 is 8.42 Å². The van der Waals surface area contributed by atoms with Crippen LogP contribution in [-0.4, -0.2) is 74.4 Å². The average Bonchev–Trinajstić information content (AvgIpc) is 2.63. The number of piperazine rings is 1. The summed E-state index contributed by atoms with van der Waals surface area (Å²) in [5, 5.41) is 0.554. The first kappa shape index (κ1) is 19.1. The Morgan fingerprint density at radius 1 is 1.00 bits per heavy atom. The highest BCUT2D eigenvalue weighted by atomic mass is 35.5. The maximum absolute atomic E-state index is 12.8. The summed E-state index contributed by atoms with van der Waals surface area (Å²) in [7, 11) is -3.41. The molecule has 1 aromatic rings. The summed E-state index contributed by atoms with van der Waals surface area (Å²) in [6.45, 7) is 8.55. The van der Waals surface area contributed by atoms with Crippen molar-refractivity contribution in [1.29, 1.82) is 0 Å². The highest BCUT2D eigenvalue weighted by molar-refractivity contribution is 7.89. The molecule has 0 unspecified atom stereocenters. The van der Waals surface area contributed by atoms with Gasteiger partial charge in [0.15, 0.2) is 0 Å². The standard InChI is InChI=1S/C18H28ClN3O2S/c1-2-9-20-10-7-17(8-11-20)21-12-14-22(15-13-21)25(23,24)18-5-3-16(19)4-6-18/h3-6,17H,2,7-15H2,1H3. The van der Waals surface area contributed by atoms with E-state index in [1.54, 1.807) is 28.6 Å². The molecular formula is C18H28ClN3O2S. The lowest BCUT2D eigenvalue weighted by Gasteiger charge is -2.42. The number of rotatable bonds is 5. The van der Waals surface area contributed by atoms with Crippen LogP contribution in [0.2, 0.25) is 5.02 Å². The Morgan fingerprint density at radius 2 is 1.60 bits per heavy atom. The molecule has 2 heterocycles. The maximum Gasteiger partial charge on any atom is 0.243 e. The van der Waals surface area contributed by atoms with E-state index >= 15 is 0 Å². The topological polar surface area (TPSA) is 43.9 Å². The molecular weight excluding hydrogens is 358 g/mol. The van der Waals surface area contributed by atoms with Crippen LogP contribution in [0.3, 0.4) is 0 Å². The van der Waals surface area contributed by atoms with Gasteiger partial charge in [-0.2, -0.15) is 4.31 Å². The molecule has 0 aromatic heterocycles. The molecule has 1 aromatic carbocycles. The van der Waals surface area contributed by atoms with Gasteiger partial charge in [0.1, 0.15) is 0 Å². The van der Waals surface area contributed by atoms with Crippen molar-refractivity contribution >= 4 is 21.6 Å². The van der Waals surface area contributed by atoms with Gasteiger partial charge in [-0.3, -0.25) is 4.90 Å². The normalized spacial score (nSPS) is 22.3. The minimum Gasteiger partial charge on any atom is -0.303 e. The van der Waals surface area contributed by atoms with E-state index in [1.165, 1.54) is 38.9 Å². The molecule has 0 aliphatic carbocycles. The molecule has 0 N–H and O–H groups in total. The van der Waals surface area contributed by atoms with Crippen LogP contribution >= 0.6 is 11.6 Å². The second-order valence-electron chi connectivity index (χ2n) is 6.97. The Labute approximate surface area is 156 Å². The summed E-state index contributed by atoms with van der Waals surface area (Å²) in [6.07, 6.45) is 3.61. The lowest BCUT2D eigenvalue weighted by Crippen LogP contribution is -2.54. The number of benzene rings is 1. The molecule has 0 bridgehead atoms. The summed E-state index contributed by atoms with van der Waals surface area (Å²) in [5.74, 6) is 0. The van der Waals surface area contributed by atoms with E-state index < -0.39 is 10.0 Å². The van der Waals surface area contributed by atoms with Crippen molar-refractivity contribution in [3.63, 3.8) is 0 Å². The van der Waals surface area contributed by atoms with Crippen LogP contribution in [-0.2, 0) is 10.0 Å². The monoisotopic (exact) mass is 385 g/mol. The second kappa shape index (κ2) is 8.35. The summed E-state index contributed by atoms with van der Waals surface area (Å²) in [4.78, 5) is 5.35. The molecule has 140 valence electrons. The van der Waals surface area contributed by atoms with Crippen molar-refractivity contribution in [2.45, 2.75) is 37.1 Å². The molecule has 0 spiro atoms. The van der Waals surface area contributed by atoms with Crippen LogP contribution in [0, 0.1) is 0 Å². The number of sulfonamides is 1. The van der Waals surface area contributed by atoms with Crippen molar-refractivity contribution in [3.8, 4) is 0 Å². The Balaban J connectivity index is 1.54. The van der Waals surface area contributed by atoms with Gasteiger partial charge in [-0.15, -0.1) is 0 Å². The number of nitrogens with zero attached hydrogens (tertiary/aromatic N) is 3. The van der Waals surface area contributed by atoms with E-state index in [9.17, 15) is 8.42 Å². The number of likely N-dealkylation sites (tertiary alicyclic amines) is 1. The van der Waals surface area contributed by atoms with Crippen LogP contribution in [0.15, 0.2) is 29.2 Å². The average molecular weight is 386 g/mol. The lowest BCUT2D eigenvalue weighted by molar-refractivity contribution is 0.0811. The zero-order chi connectivity index (χ0) is 17.9. The maximum atomic E-state index is 12.8. The molecule has 0 saturated carbocycles. The number of hydrogen-bond acceptors (Lipinski definition) is 4. The molecule has 2 aliphatic rings. The van der Waals surface area contributed by atoms with Crippen LogP contribution in [0.4, 0.5) is 0 Å². The molecule has 5 nitrogen and oxygen atoms in total. The fraction of sp³-hybridized carbons (Fsp3) is 0.667. The van der Waals surface area contributed by atoms with Crippen LogP contribution in [0.1, 0.15) is 26.2 Å². The first-order valence-corrected chi connectivity index (χ1v) is 11.0. The van der Waals surface area contributed by atoms with Crippen LogP contribution < -0.4 is 0 Å². The SMILES string of the molecule is CCCN1CCC(N2CCN(S(=O)(=O)c3ccc(Cl)cc3)CC2)CC1. The van der Waals surface area contributed by atoms with Gasteiger partial charge in [0.2, 0.25) is 10.0 Å². The third kappa shape index (κ3) is 4.55. The van der Waals surface area contributed by atoms with Crippen molar-refractivity contribution in [2.24, 2.45) is 0 Å². The third-order valence-corrected chi connectivity index (χ3v) is 7.50. The lowest BCUT2D eigenvalue weighted by atomic mass is 10.0. The summed E-state index contributed by atoms with van der Waals surface area (Å²) >= 11 is 5.86. The predicted octanol–water partition coefficient (Wildman–Crippen LogP) is 2.52. The van der Waals surface area contributed by atoms with E-state index in [-0.39, 0.29) is 0 Å². The molecule has 0 atom stereocenters. The van der Waals surface area contributed by atoms with Gasteiger partial charge in [-0.1, -0.05) is 18.5 Å². The fourth-order valence-corrected chi connectivity index (χ4v) is 5.44. The molecule has 3 rings (SSSR count). The minimum absolute atomic E-state index is 0.332. The van der Waals surface area contributed by atoms with Gasteiger partial charge in [-0.05, 0) is 63.2 Å². The number of piperidine rings is 1. The summed E-state index contributed by atoms with van der Waals surface area (Å²) in [5.41, 5.74) is 0. The molecule has 25 heavy (non-hydrogen) atoms. The Morgan fingerprint density at radius 3 is 2.16 bits per heavy atom. The molecule has 2 aliphatic heterocycles. The van der Waals surface area contributed by atoms with Crippen molar-refractivity contribution in [1.82, 2.24) is 14.1 Å². The Bertz CT molecular complexity index is 649. The Hall–Kier alpha value is -0.660. The number of hydrogen-bond donors (Lipinski definition) is 0. The predicted molar refractivity (Wildman–Crippen MR) is 102 cm³/mol. The molecule has 0 radical (unpaired) electrons. The molecule has 7 heteroatoms. The summed E-state index contributed by atoms with van der Waals surface area (Å²) < 4.78 is 27.1. The van der Waals surface area contributed by atoms with Gasteiger partial charge >= 0.3 is 0 Å². The van der Waals surface area contributed by atoms with E-state index in [4.69, 9.17) is 11.6 Å². The highest BCUT2D eigenvalue weighted by Gasteiger charge is 2.32. The van der Waals surface area contributed by atoms with Gasteiger partial charge in [0, 0.05) is 37.2 Å². The smallest absolute Gasteiger partial charge is 0.243 e. The first-order valence-electron chi connectivity index (χ1n) is 9.23. The fourth-order valence-electron chi connectivity index (χ4n) is 3.89. The second-order valence-corrected chi connectivity index (χ2v) is 9.34. The number of halogens is 1. The van der Waals surface area contributed by atoms with Crippen LogP contribution in [0.25, 0.3) is 0 Å². The molecule has 2 saturated heterocycles. The van der Waals surface area contributed by atoms with Gasteiger partial charge < -0.3 is 4.90 Å². The largest absolute Gasteiger partial charge is 0.303 e. The van der Waals surface area contributed by atoms with Gasteiger partial charge in [0.25, 0.3) is 0 Å². The molecule has 2 fully saturated rings. The third-order valence-electron chi connectivity index (χ3n) is 5.34. The highest BCUT2D eigenvalue weighted by Crippen LogP contribution is 2.23. The van der Waals surface area contributed by atoms with E-state index in [2.05, 4.69) is 16.7 Å². The van der Waals surface area contributed by atoms with Gasteiger partial charge in [0.05, 0.1) is 4.90 Å². The summed E-state index contributed by atoms with van der Waals surface area (Å²) in [6, 6.07) is 7.05. The minimum atomic E-state index is -3.41. The van der Waals surface area contributed by atoms with E-state index in [1.807, 2.05) is 0 Å². The van der Waals surface area contributed by atoms with E-state index in [0.717, 1.165) is 13.1 Å². The van der Waals surface area contributed by atoms with Crippen LogP contribution in [0.5, 0.6) is 0 Å². The Kier molecular flexibility index (Phi) is 6.39. The first-order chi connectivity index (χ1) is 12.0. The zero-order valence-corrected chi connectivity index (χ0v) is 16.5. The molecule has 0 amide bonds. The van der Waals surface area contributed by atoms with Crippen molar-refractivity contribution in [2.75, 3.05) is 45.8 Å².